The first-order valence-corrected chi connectivity index (χ1v) is 11.9. The monoisotopic (exact) mass is 466 g/mol. The Kier molecular flexibility index (Phi) is 8.71. The van der Waals surface area contributed by atoms with E-state index in [4.69, 9.17) is 9.47 Å². The van der Waals surface area contributed by atoms with Gasteiger partial charge in [0.05, 0.1) is 39.9 Å². The smallest absolute Gasteiger partial charge is 0.295 e. The first kappa shape index (κ1) is 25.3. The molecule has 1 atom stereocenters. The molecule has 1 fully saturated rings. The van der Waals surface area contributed by atoms with E-state index in [0.29, 0.717) is 42.4 Å². The Labute approximate surface area is 201 Å². The van der Waals surface area contributed by atoms with E-state index in [2.05, 4.69) is 0 Å². The summed E-state index contributed by atoms with van der Waals surface area (Å²) in [5.41, 5.74) is 1.07. The van der Waals surface area contributed by atoms with Gasteiger partial charge in [-0.2, -0.15) is 0 Å². The number of rotatable bonds is 11. The van der Waals surface area contributed by atoms with Gasteiger partial charge in [0.1, 0.15) is 11.5 Å². The van der Waals surface area contributed by atoms with Crippen molar-refractivity contribution in [1.82, 2.24) is 4.90 Å². The molecule has 3 rings (SSSR count). The van der Waals surface area contributed by atoms with Gasteiger partial charge in [0.15, 0.2) is 0 Å². The van der Waals surface area contributed by atoms with Crippen LogP contribution in [0.4, 0.5) is 0 Å². The second-order valence-corrected chi connectivity index (χ2v) is 8.66. The number of likely N-dealkylation sites (tertiary alicyclic amines) is 1. The second kappa shape index (κ2) is 11.7. The molecule has 0 bridgehead atoms. The molecule has 0 aliphatic carbocycles. The van der Waals surface area contributed by atoms with E-state index in [1.807, 2.05) is 40.1 Å². The van der Waals surface area contributed by atoms with Crippen LogP contribution in [-0.4, -0.2) is 57.0 Å². The predicted molar refractivity (Wildman–Crippen MR) is 129 cm³/mol. The number of ketones is 1. The van der Waals surface area contributed by atoms with Crippen LogP contribution >= 0.6 is 0 Å². The summed E-state index contributed by atoms with van der Waals surface area (Å²) in [4.78, 5) is 28.9. The summed E-state index contributed by atoms with van der Waals surface area (Å²) in [6.07, 6.45) is 1.60. The lowest BCUT2D eigenvalue weighted by atomic mass is 9.95. The molecule has 182 valence electrons. The van der Waals surface area contributed by atoms with Crippen molar-refractivity contribution < 1.29 is 29.1 Å². The van der Waals surface area contributed by atoms with Crippen LogP contribution in [-0.2, 0) is 9.59 Å². The summed E-state index contributed by atoms with van der Waals surface area (Å²) < 4.78 is 11.1. The van der Waals surface area contributed by atoms with Crippen LogP contribution in [0.2, 0.25) is 0 Å². The van der Waals surface area contributed by atoms with Gasteiger partial charge in [-0.3, -0.25) is 9.59 Å². The topological polar surface area (TPSA) is 83.3 Å². The van der Waals surface area contributed by atoms with E-state index in [-0.39, 0.29) is 5.57 Å². The Morgan fingerprint density at radius 3 is 2.18 bits per heavy atom. The minimum absolute atomic E-state index is 0.00594. The second-order valence-electron chi connectivity index (χ2n) is 8.66. The highest BCUT2D eigenvalue weighted by atomic mass is 16.5. The average molecular weight is 467 g/mol. The molecule has 1 saturated heterocycles. The van der Waals surface area contributed by atoms with E-state index in [0.717, 1.165) is 19.4 Å². The fraction of sp³-hybridized carbons (Fsp3) is 0.407. The number of amides is 1. The maximum atomic E-state index is 13.5. The highest BCUT2D eigenvalue weighted by molar-refractivity contribution is 6.46. The summed E-state index contributed by atoms with van der Waals surface area (Å²) in [6.45, 7) is 6.28. The molecule has 7 heteroatoms. The van der Waals surface area contributed by atoms with Crippen LogP contribution in [0, 0.1) is 0 Å². The number of Topliss-reactive ketones (excluding diaryl/α,β-unsaturated/α-hetero) is 1. The Morgan fingerprint density at radius 2 is 1.59 bits per heavy atom. The van der Waals surface area contributed by atoms with Crippen molar-refractivity contribution in [1.29, 1.82) is 0 Å². The molecule has 1 N–H and O–H groups in total. The maximum absolute atomic E-state index is 13.5. The van der Waals surface area contributed by atoms with Gasteiger partial charge in [-0.05, 0) is 48.7 Å². The van der Waals surface area contributed by atoms with Crippen LogP contribution in [0.1, 0.15) is 43.9 Å². The molecule has 1 heterocycles. The average Bonchev–Trinajstić information content (AvgIpc) is 3.08. The Balaban J connectivity index is 2.01. The largest absolute Gasteiger partial charge is 0.872 e. The molecule has 2 aromatic rings. The van der Waals surface area contributed by atoms with Crippen LogP contribution in [0.25, 0.3) is 5.76 Å². The summed E-state index contributed by atoms with van der Waals surface area (Å²) in [6, 6.07) is 13.2. The van der Waals surface area contributed by atoms with Crippen LogP contribution in [0.5, 0.6) is 11.5 Å². The van der Waals surface area contributed by atoms with Gasteiger partial charge in [0.25, 0.3) is 5.91 Å². The van der Waals surface area contributed by atoms with Gasteiger partial charge >= 0.3 is 0 Å². The van der Waals surface area contributed by atoms with Gasteiger partial charge in [0.2, 0.25) is 5.78 Å². The van der Waals surface area contributed by atoms with Crippen molar-refractivity contribution in [3.8, 4) is 11.5 Å². The molecule has 0 saturated carbocycles. The molecule has 2 aromatic carbocycles. The Bertz CT molecular complexity index is 1010. The van der Waals surface area contributed by atoms with Crippen molar-refractivity contribution >= 4 is 17.4 Å². The van der Waals surface area contributed by atoms with E-state index in [1.54, 1.807) is 36.4 Å². The number of hydrogen-bond donors (Lipinski definition) is 1. The summed E-state index contributed by atoms with van der Waals surface area (Å²) in [7, 11) is 4.08. The molecule has 0 spiro atoms. The van der Waals surface area contributed by atoms with E-state index in [9.17, 15) is 14.7 Å². The molecule has 34 heavy (non-hydrogen) atoms. The fourth-order valence-corrected chi connectivity index (χ4v) is 4.04. The highest BCUT2D eigenvalue weighted by Gasteiger charge is 2.43. The minimum Gasteiger partial charge on any atom is -0.872 e. The van der Waals surface area contributed by atoms with Crippen molar-refractivity contribution in [3.63, 3.8) is 0 Å². The number of nitrogens with zero attached hydrogens (tertiary/aromatic N) is 1. The van der Waals surface area contributed by atoms with Crippen molar-refractivity contribution in [2.75, 3.05) is 40.4 Å². The summed E-state index contributed by atoms with van der Waals surface area (Å²) in [5, 5.41) is 13.5. The number of carbonyl (C=O) groups is 2. The lowest BCUT2D eigenvalue weighted by Crippen LogP contribution is -3.05. The third-order valence-corrected chi connectivity index (χ3v) is 5.70. The quantitative estimate of drug-likeness (QED) is 0.309. The van der Waals surface area contributed by atoms with Gasteiger partial charge in [-0.15, -0.1) is 0 Å². The number of carbonyl (C=O) groups excluding carboxylic acids is 2. The van der Waals surface area contributed by atoms with Crippen LogP contribution in [0.3, 0.4) is 0 Å². The molecule has 1 aliphatic heterocycles. The van der Waals surface area contributed by atoms with E-state index < -0.39 is 23.5 Å². The third kappa shape index (κ3) is 5.78. The molecule has 0 aromatic heterocycles. The number of hydrogen-bond acceptors (Lipinski definition) is 5. The van der Waals surface area contributed by atoms with E-state index in [1.165, 1.54) is 9.80 Å². The molecular formula is C27H34N2O5. The number of benzene rings is 2. The summed E-state index contributed by atoms with van der Waals surface area (Å²) >= 11 is 0. The van der Waals surface area contributed by atoms with Gasteiger partial charge in [-0.1, -0.05) is 36.9 Å². The number of ether oxygens (including phenoxy) is 2. The highest BCUT2D eigenvalue weighted by Crippen LogP contribution is 2.39. The minimum atomic E-state index is -0.729. The van der Waals surface area contributed by atoms with Crippen molar-refractivity contribution in [2.24, 2.45) is 0 Å². The first-order chi connectivity index (χ1) is 16.4. The summed E-state index contributed by atoms with van der Waals surface area (Å²) in [5.74, 6) is -0.431. The zero-order valence-corrected chi connectivity index (χ0v) is 20.4. The van der Waals surface area contributed by atoms with Gasteiger partial charge in [0, 0.05) is 18.5 Å². The molecular weight excluding hydrogens is 432 g/mol. The maximum Gasteiger partial charge on any atom is 0.295 e. The van der Waals surface area contributed by atoms with Crippen LogP contribution in [0.15, 0.2) is 54.1 Å². The molecule has 1 amide bonds. The van der Waals surface area contributed by atoms with Gasteiger partial charge in [-0.25, -0.2) is 0 Å². The molecule has 1 unspecified atom stereocenters. The zero-order valence-electron chi connectivity index (χ0n) is 20.4. The lowest BCUT2D eigenvalue weighted by molar-refractivity contribution is -0.858. The predicted octanol–water partition coefficient (Wildman–Crippen LogP) is 1.63. The number of quaternary nitrogens is 1. The Morgan fingerprint density at radius 1 is 0.971 bits per heavy atom. The zero-order chi connectivity index (χ0) is 24.7. The fourth-order valence-electron chi connectivity index (χ4n) is 4.04. The number of nitrogens with one attached hydrogen (secondary N) is 1. The SMILES string of the molecule is CCCOc1ccc(C([O-])=C2C(=O)C(=O)N(CCC[NH+](C)C)C2c2ccc(OCC)cc2)cc1. The standard InChI is InChI=1S/C27H34N2O5/c1-5-18-34-22-14-10-20(11-15-22)25(30)23-24(19-8-12-21(13-9-19)33-6-2)29(27(32)26(23)31)17-7-16-28(3)4/h8-15,24,30H,5-7,16-18H2,1-4H3. The molecule has 0 radical (unpaired) electrons. The molecule has 1 aliphatic rings. The van der Waals surface area contributed by atoms with Crippen molar-refractivity contribution in [3.05, 3.63) is 65.2 Å². The molecule has 7 nitrogen and oxygen atoms in total. The lowest BCUT2D eigenvalue weighted by Gasteiger charge is -2.28. The first-order valence-electron chi connectivity index (χ1n) is 11.9. The third-order valence-electron chi connectivity index (χ3n) is 5.70. The van der Waals surface area contributed by atoms with Crippen molar-refractivity contribution in [2.45, 2.75) is 32.7 Å². The Hall–Kier alpha value is -3.32. The van der Waals surface area contributed by atoms with E-state index >= 15 is 0 Å². The van der Waals surface area contributed by atoms with Gasteiger partial charge < -0.3 is 24.4 Å². The van der Waals surface area contributed by atoms with Crippen LogP contribution < -0.4 is 19.5 Å². The normalized spacial score (nSPS) is 17.4.